The summed E-state index contributed by atoms with van der Waals surface area (Å²) in [7, 11) is 1.76. The lowest BCUT2D eigenvalue weighted by atomic mass is 10.1. The SMILES string of the molecule is Cn1cc2c3cc(C(=O)N[C@H](CCO)c4ccccn4)ccc3n(-c3ccc(C(F)(F)F)cc3)c2n1. The molecule has 1 amide bonds. The molecule has 3 heterocycles. The van der Waals surface area contributed by atoms with Crippen molar-refractivity contribution in [3.63, 3.8) is 0 Å². The molecule has 5 rings (SSSR count). The quantitative estimate of drug-likeness (QED) is 0.356. The van der Waals surface area contributed by atoms with Crippen LogP contribution in [0.1, 0.15) is 34.1 Å². The molecule has 3 aromatic heterocycles. The zero-order chi connectivity index (χ0) is 25.4. The summed E-state index contributed by atoms with van der Waals surface area (Å²) in [5.41, 5.74) is 2.11. The molecule has 0 saturated carbocycles. The highest BCUT2D eigenvalue weighted by Crippen LogP contribution is 2.34. The number of halogens is 3. The van der Waals surface area contributed by atoms with E-state index in [4.69, 9.17) is 0 Å². The van der Waals surface area contributed by atoms with Crippen molar-refractivity contribution in [3.05, 3.63) is 89.9 Å². The fraction of sp³-hybridized carbons (Fsp3) is 0.192. The van der Waals surface area contributed by atoms with E-state index >= 15 is 0 Å². The number of aliphatic hydroxyl groups excluding tert-OH is 1. The first-order chi connectivity index (χ1) is 17.3. The summed E-state index contributed by atoms with van der Waals surface area (Å²) in [4.78, 5) is 17.4. The van der Waals surface area contributed by atoms with E-state index in [1.165, 1.54) is 12.1 Å². The van der Waals surface area contributed by atoms with Gasteiger partial charge in [0.05, 0.1) is 22.8 Å². The van der Waals surface area contributed by atoms with E-state index in [-0.39, 0.29) is 12.5 Å². The van der Waals surface area contributed by atoms with E-state index in [9.17, 15) is 23.1 Å². The number of aromatic nitrogens is 4. The van der Waals surface area contributed by atoms with Crippen LogP contribution in [-0.4, -0.2) is 37.0 Å². The van der Waals surface area contributed by atoms with Crippen molar-refractivity contribution in [2.24, 2.45) is 7.05 Å². The Balaban J connectivity index is 1.55. The van der Waals surface area contributed by atoms with E-state index in [1.54, 1.807) is 52.8 Å². The third-order valence-electron chi connectivity index (χ3n) is 6.03. The Morgan fingerprint density at radius 2 is 1.86 bits per heavy atom. The molecule has 7 nitrogen and oxygen atoms in total. The monoisotopic (exact) mass is 493 g/mol. The standard InChI is InChI=1S/C26H22F3N5O2/c1-33-15-20-19-14-16(25(36)31-22(11-13-35)21-4-2-3-12-30-21)5-10-23(19)34(24(20)32-33)18-8-6-17(7-9-18)26(27,28)29/h2-10,12,14-15,22,35H,11,13H2,1H3,(H,31,36)/t22-/m1/s1. The first-order valence-electron chi connectivity index (χ1n) is 11.2. The number of aliphatic hydroxyl groups is 1. The van der Waals surface area contributed by atoms with Gasteiger partial charge in [0, 0.05) is 48.1 Å². The average Bonchev–Trinajstić information content (AvgIpc) is 3.38. The van der Waals surface area contributed by atoms with Crippen LogP contribution in [0.2, 0.25) is 0 Å². The van der Waals surface area contributed by atoms with E-state index in [0.717, 1.165) is 22.9 Å². The number of benzene rings is 2. The smallest absolute Gasteiger partial charge is 0.396 e. The number of rotatable bonds is 6. The highest BCUT2D eigenvalue weighted by atomic mass is 19.4. The third kappa shape index (κ3) is 4.31. The number of carbonyl (C=O) groups is 1. The maximum Gasteiger partial charge on any atom is 0.416 e. The Bertz CT molecular complexity index is 1540. The van der Waals surface area contributed by atoms with Crippen molar-refractivity contribution >= 4 is 27.8 Å². The van der Waals surface area contributed by atoms with E-state index < -0.39 is 17.8 Å². The molecular formula is C26H22F3N5O2. The number of nitrogens with zero attached hydrogens (tertiary/aromatic N) is 4. The molecule has 0 fully saturated rings. The van der Waals surface area contributed by atoms with Gasteiger partial charge in [-0.25, -0.2) is 0 Å². The number of nitrogens with one attached hydrogen (secondary N) is 1. The average molecular weight is 493 g/mol. The molecule has 0 unspecified atom stereocenters. The maximum absolute atomic E-state index is 13.1. The second kappa shape index (κ2) is 9.12. The minimum absolute atomic E-state index is 0.118. The Hall–Kier alpha value is -4.18. The maximum atomic E-state index is 13.1. The number of aryl methyl sites for hydroxylation is 1. The second-order valence-electron chi connectivity index (χ2n) is 8.44. The molecule has 2 aromatic carbocycles. The molecule has 0 saturated heterocycles. The fourth-order valence-corrected chi connectivity index (χ4v) is 4.34. The summed E-state index contributed by atoms with van der Waals surface area (Å²) < 4.78 is 42.6. The number of hydrogen-bond acceptors (Lipinski definition) is 4. The van der Waals surface area contributed by atoms with Gasteiger partial charge in [-0.15, -0.1) is 0 Å². The molecule has 0 aliphatic rings. The van der Waals surface area contributed by atoms with Gasteiger partial charge in [0.15, 0.2) is 5.65 Å². The van der Waals surface area contributed by atoms with E-state index in [2.05, 4.69) is 15.4 Å². The van der Waals surface area contributed by atoms with Crippen LogP contribution in [0.4, 0.5) is 13.2 Å². The van der Waals surface area contributed by atoms with Crippen molar-refractivity contribution < 1.29 is 23.1 Å². The summed E-state index contributed by atoms with van der Waals surface area (Å²) in [5.74, 6) is -0.333. The zero-order valence-electron chi connectivity index (χ0n) is 19.2. The summed E-state index contributed by atoms with van der Waals surface area (Å²) >= 11 is 0. The van der Waals surface area contributed by atoms with Crippen LogP contribution in [0.3, 0.4) is 0 Å². The molecular weight excluding hydrogens is 471 g/mol. The molecule has 0 aliphatic heterocycles. The topological polar surface area (TPSA) is 85.0 Å². The van der Waals surface area contributed by atoms with Crippen molar-refractivity contribution in [3.8, 4) is 5.69 Å². The van der Waals surface area contributed by atoms with Crippen molar-refractivity contribution in [1.29, 1.82) is 0 Å². The Morgan fingerprint density at radius 3 is 2.53 bits per heavy atom. The molecule has 184 valence electrons. The first-order valence-corrected chi connectivity index (χ1v) is 11.2. The van der Waals surface area contributed by atoms with Gasteiger partial charge < -0.3 is 10.4 Å². The Kier molecular flexibility index (Phi) is 5.97. The van der Waals surface area contributed by atoms with Crippen molar-refractivity contribution in [1.82, 2.24) is 24.6 Å². The normalized spacial score (nSPS) is 12.8. The molecule has 10 heteroatoms. The highest BCUT2D eigenvalue weighted by molar-refractivity contribution is 6.10. The minimum Gasteiger partial charge on any atom is -0.396 e. The Morgan fingerprint density at radius 1 is 1.08 bits per heavy atom. The van der Waals surface area contributed by atoms with Crippen molar-refractivity contribution in [2.75, 3.05) is 6.61 Å². The van der Waals surface area contributed by atoms with Crippen LogP contribution < -0.4 is 5.32 Å². The molecule has 2 N–H and O–H groups in total. The van der Waals surface area contributed by atoms with Gasteiger partial charge in [-0.1, -0.05) is 6.07 Å². The van der Waals surface area contributed by atoms with Gasteiger partial charge in [0.25, 0.3) is 5.91 Å². The zero-order valence-corrected chi connectivity index (χ0v) is 19.2. The van der Waals surface area contributed by atoms with Gasteiger partial charge in [0.1, 0.15) is 0 Å². The second-order valence-corrected chi connectivity index (χ2v) is 8.44. The minimum atomic E-state index is -4.43. The van der Waals surface area contributed by atoms with Crippen molar-refractivity contribution in [2.45, 2.75) is 18.6 Å². The molecule has 0 spiro atoms. The summed E-state index contributed by atoms with van der Waals surface area (Å²) in [5, 5.41) is 18.4. The highest BCUT2D eigenvalue weighted by Gasteiger charge is 2.30. The largest absolute Gasteiger partial charge is 0.416 e. The number of amides is 1. The van der Waals surface area contributed by atoms with Gasteiger partial charge in [-0.05, 0) is 61.0 Å². The third-order valence-corrected chi connectivity index (χ3v) is 6.03. The first kappa shape index (κ1) is 23.6. The number of pyridine rings is 1. The van der Waals surface area contributed by atoms with E-state index in [0.29, 0.717) is 34.5 Å². The van der Waals surface area contributed by atoms with Gasteiger partial charge in [-0.2, -0.15) is 18.3 Å². The van der Waals surface area contributed by atoms with Crippen LogP contribution in [0, 0.1) is 0 Å². The molecule has 1 atom stereocenters. The van der Waals surface area contributed by atoms with E-state index in [1.807, 2.05) is 12.3 Å². The molecule has 0 bridgehead atoms. The summed E-state index contributed by atoms with van der Waals surface area (Å²) in [6.07, 6.45) is -0.686. The number of alkyl halides is 3. The lowest BCUT2D eigenvalue weighted by molar-refractivity contribution is -0.137. The van der Waals surface area contributed by atoms with Crippen LogP contribution in [0.15, 0.2) is 73.1 Å². The Labute approximate surface area is 203 Å². The summed E-state index contributed by atoms with van der Waals surface area (Å²) in [6, 6.07) is 15.0. The molecule has 0 aliphatic carbocycles. The van der Waals surface area contributed by atoms with Gasteiger partial charge in [0.2, 0.25) is 0 Å². The number of hydrogen-bond donors (Lipinski definition) is 2. The number of fused-ring (bicyclic) bond motifs is 3. The van der Waals surface area contributed by atoms with Crippen LogP contribution >= 0.6 is 0 Å². The molecule has 0 radical (unpaired) electrons. The predicted molar refractivity (Wildman–Crippen MR) is 129 cm³/mol. The lowest BCUT2D eigenvalue weighted by Gasteiger charge is -2.17. The number of carbonyl (C=O) groups excluding carboxylic acids is 1. The lowest BCUT2D eigenvalue weighted by Crippen LogP contribution is -2.29. The van der Waals surface area contributed by atoms with Gasteiger partial charge >= 0.3 is 6.18 Å². The molecule has 5 aromatic rings. The van der Waals surface area contributed by atoms with Crippen LogP contribution in [-0.2, 0) is 13.2 Å². The predicted octanol–water partition coefficient (Wildman–Crippen LogP) is 4.78. The van der Waals surface area contributed by atoms with Crippen LogP contribution in [0.25, 0.3) is 27.6 Å². The van der Waals surface area contributed by atoms with Crippen LogP contribution in [0.5, 0.6) is 0 Å². The molecule has 36 heavy (non-hydrogen) atoms. The fourth-order valence-electron chi connectivity index (χ4n) is 4.34. The van der Waals surface area contributed by atoms with Gasteiger partial charge in [-0.3, -0.25) is 19.0 Å². The summed E-state index contributed by atoms with van der Waals surface area (Å²) in [6.45, 7) is -0.118.